The van der Waals surface area contributed by atoms with Crippen LogP contribution in [0.4, 0.5) is 0 Å². The smallest absolute Gasteiger partial charge is 0.164 e. The molecule has 1 atom stereocenters. The lowest BCUT2D eigenvalue weighted by Crippen LogP contribution is -2.40. The van der Waals surface area contributed by atoms with Crippen molar-refractivity contribution in [1.82, 2.24) is 5.32 Å². The standard InChI is InChI=1S/C12H20INO2/c1-12(2,3)10(6-7-15)14-8-9-4-5-11(13)16-9/h4-5,10,14-15H,6-8H2,1-3H3. The fourth-order valence-electron chi connectivity index (χ4n) is 1.64. The van der Waals surface area contributed by atoms with E-state index in [4.69, 9.17) is 9.52 Å². The molecule has 0 saturated carbocycles. The van der Waals surface area contributed by atoms with Crippen LogP contribution in [0.5, 0.6) is 0 Å². The minimum Gasteiger partial charge on any atom is -0.454 e. The molecule has 92 valence electrons. The number of aliphatic hydroxyl groups is 1. The van der Waals surface area contributed by atoms with E-state index in [1.165, 1.54) is 0 Å². The van der Waals surface area contributed by atoms with Gasteiger partial charge in [0.05, 0.1) is 6.54 Å². The molecule has 4 heteroatoms. The summed E-state index contributed by atoms with van der Waals surface area (Å²) in [4.78, 5) is 0. The largest absolute Gasteiger partial charge is 0.454 e. The van der Waals surface area contributed by atoms with Crippen LogP contribution in [-0.4, -0.2) is 17.8 Å². The fourth-order valence-corrected chi connectivity index (χ4v) is 2.10. The Kier molecular flexibility index (Phi) is 5.27. The molecule has 0 saturated heterocycles. The Hall–Kier alpha value is -0.0700. The van der Waals surface area contributed by atoms with E-state index in [-0.39, 0.29) is 12.0 Å². The van der Waals surface area contributed by atoms with Gasteiger partial charge in [-0.25, -0.2) is 0 Å². The first-order valence-electron chi connectivity index (χ1n) is 5.52. The fraction of sp³-hybridized carbons (Fsp3) is 0.667. The van der Waals surface area contributed by atoms with Gasteiger partial charge in [0.1, 0.15) is 5.76 Å². The Morgan fingerprint density at radius 3 is 2.56 bits per heavy atom. The molecule has 3 nitrogen and oxygen atoms in total. The first-order chi connectivity index (χ1) is 7.43. The predicted octanol–water partition coefficient (Wildman–Crippen LogP) is 2.77. The van der Waals surface area contributed by atoms with Crippen LogP contribution in [0.2, 0.25) is 0 Å². The Labute approximate surface area is 111 Å². The van der Waals surface area contributed by atoms with Crippen LogP contribution in [0.25, 0.3) is 0 Å². The van der Waals surface area contributed by atoms with Crippen molar-refractivity contribution >= 4 is 22.6 Å². The maximum Gasteiger partial charge on any atom is 0.164 e. The molecular formula is C12H20INO2. The molecule has 1 heterocycles. The van der Waals surface area contributed by atoms with Gasteiger partial charge in [-0.15, -0.1) is 0 Å². The normalized spacial score (nSPS) is 14.1. The van der Waals surface area contributed by atoms with E-state index in [9.17, 15) is 0 Å². The number of nitrogens with one attached hydrogen (secondary N) is 1. The molecule has 0 amide bonds. The summed E-state index contributed by atoms with van der Waals surface area (Å²) in [7, 11) is 0. The van der Waals surface area contributed by atoms with E-state index in [1.54, 1.807) is 0 Å². The van der Waals surface area contributed by atoms with Gasteiger partial charge in [0.2, 0.25) is 0 Å². The van der Waals surface area contributed by atoms with Crippen molar-refractivity contribution in [2.24, 2.45) is 5.41 Å². The number of aliphatic hydroxyl groups excluding tert-OH is 1. The Balaban J connectivity index is 2.50. The summed E-state index contributed by atoms with van der Waals surface area (Å²) in [5.41, 5.74) is 0.141. The lowest BCUT2D eigenvalue weighted by molar-refractivity contribution is 0.193. The van der Waals surface area contributed by atoms with Crippen molar-refractivity contribution in [3.63, 3.8) is 0 Å². The van der Waals surface area contributed by atoms with Crippen molar-refractivity contribution in [1.29, 1.82) is 0 Å². The Morgan fingerprint density at radius 2 is 2.12 bits per heavy atom. The van der Waals surface area contributed by atoms with Crippen molar-refractivity contribution in [2.75, 3.05) is 6.61 Å². The van der Waals surface area contributed by atoms with Crippen LogP contribution in [0.3, 0.4) is 0 Å². The van der Waals surface area contributed by atoms with E-state index in [0.717, 1.165) is 15.9 Å². The second kappa shape index (κ2) is 6.02. The molecule has 1 aromatic heterocycles. The van der Waals surface area contributed by atoms with Crippen molar-refractivity contribution in [2.45, 2.75) is 39.8 Å². The van der Waals surface area contributed by atoms with Gasteiger partial charge in [0.15, 0.2) is 3.77 Å². The zero-order chi connectivity index (χ0) is 12.2. The average Bonchev–Trinajstić information content (AvgIpc) is 2.57. The Bertz CT molecular complexity index is 317. The molecule has 1 aromatic rings. The molecule has 0 aliphatic heterocycles. The van der Waals surface area contributed by atoms with E-state index >= 15 is 0 Å². The number of furan rings is 1. The van der Waals surface area contributed by atoms with Crippen molar-refractivity contribution in [3.05, 3.63) is 21.7 Å². The second-order valence-electron chi connectivity index (χ2n) is 5.02. The lowest BCUT2D eigenvalue weighted by atomic mass is 9.85. The molecule has 0 spiro atoms. The summed E-state index contributed by atoms with van der Waals surface area (Å²) in [6, 6.07) is 4.23. The minimum absolute atomic E-state index is 0.141. The van der Waals surface area contributed by atoms with Gasteiger partial charge < -0.3 is 14.8 Å². The zero-order valence-electron chi connectivity index (χ0n) is 10.1. The number of halogens is 1. The number of rotatable bonds is 5. The van der Waals surface area contributed by atoms with Crippen LogP contribution < -0.4 is 5.32 Å². The highest BCUT2D eigenvalue weighted by molar-refractivity contribution is 14.1. The molecule has 0 bridgehead atoms. The first kappa shape index (κ1) is 14.0. The average molecular weight is 337 g/mol. The summed E-state index contributed by atoms with van der Waals surface area (Å²) in [6.07, 6.45) is 0.765. The third-order valence-electron chi connectivity index (χ3n) is 2.61. The van der Waals surface area contributed by atoms with E-state index < -0.39 is 0 Å². The van der Waals surface area contributed by atoms with Gasteiger partial charge in [0.25, 0.3) is 0 Å². The molecule has 0 fully saturated rings. The van der Waals surface area contributed by atoms with Crippen LogP contribution in [-0.2, 0) is 6.54 Å². The molecule has 0 aliphatic rings. The highest BCUT2D eigenvalue weighted by atomic mass is 127. The molecule has 0 aromatic carbocycles. The van der Waals surface area contributed by atoms with Gasteiger partial charge in [-0.05, 0) is 46.6 Å². The minimum atomic E-state index is 0.141. The second-order valence-corrected chi connectivity index (χ2v) is 6.08. The number of hydrogen-bond donors (Lipinski definition) is 2. The van der Waals surface area contributed by atoms with Crippen LogP contribution in [0.15, 0.2) is 16.5 Å². The molecule has 1 rings (SSSR count). The van der Waals surface area contributed by atoms with Crippen LogP contribution >= 0.6 is 22.6 Å². The molecule has 1 unspecified atom stereocenters. The highest BCUT2D eigenvalue weighted by Crippen LogP contribution is 2.22. The van der Waals surface area contributed by atoms with Crippen molar-refractivity contribution < 1.29 is 9.52 Å². The first-order valence-corrected chi connectivity index (χ1v) is 6.60. The topological polar surface area (TPSA) is 45.4 Å². The molecule has 0 aliphatic carbocycles. The SMILES string of the molecule is CC(C)(C)C(CCO)NCc1ccc(I)o1. The summed E-state index contributed by atoms with van der Waals surface area (Å²) in [5, 5.41) is 12.5. The third kappa shape index (κ3) is 4.43. The molecule has 0 radical (unpaired) electrons. The monoisotopic (exact) mass is 337 g/mol. The van der Waals surface area contributed by atoms with Crippen LogP contribution in [0, 0.1) is 9.18 Å². The molecule has 16 heavy (non-hydrogen) atoms. The summed E-state index contributed by atoms with van der Waals surface area (Å²) in [6.45, 7) is 7.44. The van der Waals surface area contributed by atoms with E-state index in [2.05, 4.69) is 48.7 Å². The van der Waals surface area contributed by atoms with Gasteiger partial charge in [-0.3, -0.25) is 0 Å². The van der Waals surface area contributed by atoms with Crippen LogP contribution in [0.1, 0.15) is 33.0 Å². The van der Waals surface area contributed by atoms with E-state index in [0.29, 0.717) is 12.6 Å². The Morgan fingerprint density at radius 1 is 1.44 bits per heavy atom. The summed E-state index contributed by atoms with van der Waals surface area (Å²) in [5.74, 6) is 0.941. The van der Waals surface area contributed by atoms with Gasteiger partial charge in [-0.2, -0.15) is 0 Å². The maximum atomic E-state index is 9.04. The summed E-state index contributed by atoms with van der Waals surface area (Å²) < 4.78 is 6.39. The van der Waals surface area contributed by atoms with Gasteiger partial charge in [-0.1, -0.05) is 20.8 Å². The highest BCUT2D eigenvalue weighted by Gasteiger charge is 2.23. The summed E-state index contributed by atoms with van der Waals surface area (Å²) >= 11 is 2.16. The van der Waals surface area contributed by atoms with Gasteiger partial charge in [0, 0.05) is 12.6 Å². The quantitative estimate of drug-likeness (QED) is 0.812. The third-order valence-corrected chi connectivity index (χ3v) is 3.19. The zero-order valence-corrected chi connectivity index (χ0v) is 12.2. The predicted molar refractivity (Wildman–Crippen MR) is 73.2 cm³/mol. The van der Waals surface area contributed by atoms with Crippen molar-refractivity contribution in [3.8, 4) is 0 Å². The lowest BCUT2D eigenvalue weighted by Gasteiger charge is -2.31. The number of hydrogen-bond acceptors (Lipinski definition) is 3. The van der Waals surface area contributed by atoms with E-state index in [1.807, 2.05) is 12.1 Å². The maximum absolute atomic E-state index is 9.04. The van der Waals surface area contributed by atoms with Gasteiger partial charge >= 0.3 is 0 Å². The molecular weight excluding hydrogens is 317 g/mol. The molecule has 2 N–H and O–H groups in total.